The van der Waals surface area contributed by atoms with E-state index in [4.69, 9.17) is 4.74 Å². The maximum atomic E-state index is 13.0. The van der Waals surface area contributed by atoms with Gasteiger partial charge in [0.1, 0.15) is 5.75 Å². The molecule has 0 bridgehead atoms. The van der Waals surface area contributed by atoms with Crippen molar-refractivity contribution in [1.82, 2.24) is 10.2 Å². The molecule has 5 nitrogen and oxygen atoms in total. The number of rotatable bonds is 7. The van der Waals surface area contributed by atoms with E-state index in [1.807, 2.05) is 18.2 Å². The van der Waals surface area contributed by atoms with Crippen LogP contribution in [0.3, 0.4) is 0 Å². The van der Waals surface area contributed by atoms with E-state index in [0.29, 0.717) is 0 Å². The van der Waals surface area contributed by atoms with Gasteiger partial charge < -0.3 is 15.0 Å². The number of benzene rings is 2. The molecule has 0 radical (unpaired) electrons. The lowest BCUT2D eigenvalue weighted by Gasteiger charge is -2.38. The molecule has 1 aliphatic carbocycles. The van der Waals surface area contributed by atoms with Crippen molar-refractivity contribution < 1.29 is 9.53 Å². The summed E-state index contributed by atoms with van der Waals surface area (Å²) in [5, 5.41) is 3.40. The van der Waals surface area contributed by atoms with Crippen molar-refractivity contribution in [3.8, 4) is 5.75 Å². The molecule has 1 saturated carbocycles. The molecule has 1 atom stereocenters. The number of amides is 1. The molecule has 1 heterocycles. The quantitative estimate of drug-likeness (QED) is 0.726. The molecular formula is C26H35N3O2. The number of para-hydroxylation sites is 2. The van der Waals surface area contributed by atoms with Gasteiger partial charge in [-0.2, -0.15) is 0 Å². The van der Waals surface area contributed by atoms with Crippen LogP contribution in [0.15, 0.2) is 54.6 Å². The first kappa shape index (κ1) is 21.7. The number of anilines is 1. The van der Waals surface area contributed by atoms with Crippen molar-refractivity contribution in [2.45, 2.75) is 38.1 Å². The van der Waals surface area contributed by atoms with Crippen molar-refractivity contribution in [3.63, 3.8) is 0 Å². The van der Waals surface area contributed by atoms with Crippen LogP contribution < -0.4 is 15.0 Å². The third-order valence-electron chi connectivity index (χ3n) is 6.73. The summed E-state index contributed by atoms with van der Waals surface area (Å²) >= 11 is 0. The van der Waals surface area contributed by atoms with Gasteiger partial charge in [-0.25, -0.2) is 0 Å². The Labute approximate surface area is 186 Å². The van der Waals surface area contributed by atoms with Gasteiger partial charge in [0.15, 0.2) is 0 Å². The second-order valence-electron chi connectivity index (χ2n) is 8.77. The summed E-state index contributed by atoms with van der Waals surface area (Å²) in [7, 11) is 1.73. The standard InChI is InChI=1S/C26H35N3O2/c1-31-25-15-9-8-14-24(25)29-18-16-28(17-19-29)20-23(21-10-4-2-5-11-21)27-26(30)22-12-6-3-7-13-22/h2,4-5,8-11,14-15,22-23H,3,6-7,12-13,16-20H2,1H3,(H,27,30)/t23-/m0/s1. The summed E-state index contributed by atoms with van der Waals surface area (Å²) in [5.74, 6) is 1.35. The van der Waals surface area contributed by atoms with Crippen LogP contribution in [0.25, 0.3) is 0 Å². The average Bonchev–Trinajstić information content (AvgIpc) is 2.85. The first-order chi connectivity index (χ1) is 15.2. The van der Waals surface area contributed by atoms with Crippen molar-refractivity contribution in [2.75, 3.05) is 44.7 Å². The fraction of sp³-hybridized carbons (Fsp3) is 0.500. The lowest BCUT2D eigenvalue weighted by Crippen LogP contribution is -2.49. The predicted octanol–water partition coefficient (Wildman–Crippen LogP) is 4.26. The van der Waals surface area contributed by atoms with E-state index in [0.717, 1.165) is 57.0 Å². The molecule has 0 aromatic heterocycles. The molecule has 0 spiro atoms. The second-order valence-corrected chi connectivity index (χ2v) is 8.77. The number of nitrogens with one attached hydrogen (secondary N) is 1. The highest BCUT2D eigenvalue weighted by molar-refractivity contribution is 5.79. The zero-order chi connectivity index (χ0) is 21.5. The third-order valence-corrected chi connectivity index (χ3v) is 6.73. The minimum Gasteiger partial charge on any atom is -0.495 e. The monoisotopic (exact) mass is 421 g/mol. The van der Waals surface area contributed by atoms with E-state index in [1.54, 1.807) is 7.11 Å². The second kappa shape index (κ2) is 10.7. The molecule has 2 aromatic rings. The molecule has 1 aliphatic heterocycles. The van der Waals surface area contributed by atoms with Crippen molar-refractivity contribution >= 4 is 11.6 Å². The number of carbonyl (C=O) groups excluding carboxylic acids is 1. The molecule has 166 valence electrons. The molecule has 1 amide bonds. The van der Waals surface area contributed by atoms with E-state index in [9.17, 15) is 4.79 Å². The topological polar surface area (TPSA) is 44.8 Å². The lowest BCUT2D eigenvalue weighted by atomic mass is 9.88. The number of carbonyl (C=O) groups is 1. The Hall–Kier alpha value is -2.53. The van der Waals surface area contributed by atoms with Gasteiger partial charge in [0.25, 0.3) is 0 Å². The van der Waals surface area contributed by atoms with E-state index >= 15 is 0 Å². The molecule has 5 heteroatoms. The Morgan fingerprint density at radius 1 is 0.968 bits per heavy atom. The van der Waals surface area contributed by atoms with Crippen LogP contribution in [0.4, 0.5) is 5.69 Å². The highest BCUT2D eigenvalue weighted by atomic mass is 16.5. The minimum atomic E-state index is 0.0356. The van der Waals surface area contributed by atoms with Gasteiger partial charge in [-0.3, -0.25) is 9.69 Å². The first-order valence-corrected chi connectivity index (χ1v) is 11.7. The molecule has 2 fully saturated rings. The van der Waals surface area contributed by atoms with E-state index in [1.165, 1.54) is 24.8 Å². The number of hydrogen-bond donors (Lipinski definition) is 1. The Bertz CT molecular complexity index is 828. The van der Waals surface area contributed by atoms with Gasteiger partial charge >= 0.3 is 0 Å². The van der Waals surface area contributed by atoms with Crippen LogP contribution in [0.5, 0.6) is 5.75 Å². The Morgan fingerprint density at radius 2 is 1.65 bits per heavy atom. The number of piperazine rings is 1. The van der Waals surface area contributed by atoms with Gasteiger partial charge in [0.05, 0.1) is 18.8 Å². The first-order valence-electron chi connectivity index (χ1n) is 11.7. The molecule has 31 heavy (non-hydrogen) atoms. The summed E-state index contributed by atoms with van der Waals surface area (Å²) in [5.41, 5.74) is 2.36. The SMILES string of the molecule is COc1ccccc1N1CCN(C[C@H](NC(=O)C2CCCCC2)c2ccccc2)CC1. The zero-order valence-electron chi connectivity index (χ0n) is 18.6. The van der Waals surface area contributed by atoms with Crippen molar-refractivity contribution in [3.05, 3.63) is 60.2 Å². The van der Waals surface area contributed by atoms with Crippen LogP contribution in [-0.4, -0.2) is 50.6 Å². The largest absolute Gasteiger partial charge is 0.495 e. The fourth-order valence-electron chi connectivity index (χ4n) is 4.89. The number of ether oxygens (including phenoxy) is 1. The zero-order valence-corrected chi connectivity index (χ0v) is 18.6. The summed E-state index contributed by atoms with van der Waals surface area (Å²) in [4.78, 5) is 17.9. The molecule has 2 aliphatic rings. The summed E-state index contributed by atoms with van der Waals surface area (Å²) in [6, 6.07) is 18.7. The number of methoxy groups -OCH3 is 1. The van der Waals surface area contributed by atoms with Crippen LogP contribution in [0, 0.1) is 5.92 Å². The third kappa shape index (κ3) is 5.59. The van der Waals surface area contributed by atoms with Crippen LogP contribution in [0.2, 0.25) is 0 Å². The van der Waals surface area contributed by atoms with E-state index in [-0.39, 0.29) is 17.9 Å². The summed E-state index contributed by atoms with van der Waals surface area (Å²) in [6.45, 7) is 4.71. The highest BCUT2D eigenvalue weighted by Crippen LogP contribution is 2.29. The molecule has 4 rings (SSSR count). The maximum absolute atomic E-state index is 13.0. The average molecular weight is 422 g/mol. The normalized spacial score (nSPS) is 19.1. The molecular weight excluding hydrogens is 386 g/mol. The molecule has 0 unspecified atom stereocenters. The van der Waals surface area contributed by atoms with Crippen LogP contribution in [-0.2, 0) is 4.79 Å². The molecule has 2 aromatic carbocycles. The number of hydrogen-bond acceptors (Lipinski definition) is 4. The van der Waals surface area contributed by atoms with Gasteiger partial charge in [-0.05, 0) is 30.5 Å². The molecule has 1 saturated heterocycles. The Kier molecular flexibility index (Phi) is 7.47. The Balaban J connectivity index is 1.39. The smallest absolute Gasteiger partial charge is 0.223 e. The minimum absolute atomic E-state index is 0.0356. The number of nitrogens with zero attached hydrogens (tertiary/aromatic N) is 2. The fourth-order valence-corrected chi connectivity index (χ4v) is 4.89. The van der Waals surface area contributed by atoms with Crippen LogP contribution >= 0.6 is 0 Å². The van der Waals surface area contributed by atoms with Crippen molar-refractivity contribution in [2.24, 2.45) is 5.92 Å². The van der Waals surface area contributed by atoms with Crippen LogP contribution in [0.1, 0.15) is 43.7 Å². The summed E-state index contributed by atoms with van der Waals surface area (Å²) in [6.07, 6.45) is 5.69. The van der Waals surface area contributed by atoms with E-state index < -0.39 is 0 Å². The molecule has 1 N–H and O–H groups in total. The van der Waals surface area contributed by atoms with Gasteiger partial charge in [-0.1, -0.05) is 61.7 Å². The van der Waals surface area contributed by atoms with Gasteiger partial charge in [0.2, 0.25) is 5.91 Å². The highest BCUT2D eigenvalue weighted by Gasteiger charge is 2.27. The maximum Gasteiger partial charge on any atom is 0.223 e. The van der Waals surface area contributed by atoms with Crippen molar-refractivity contribution in [1.29, 1.82) is 0 Å². The van der Waals surface area contributed by atoms with E-state index in [2.05, 4.69) is 51.5 Å². The Morgan fingerprint density at radius 3 is 2.35 bits per heavy atom. The predicted molar refractivity (Wildman–Crippen MR) is 126 cm³/mol. The lowest BCUT2D eigenvalue weighted by molar-refractivity contribution is -0.126. The van der Waals surface area contributed by atoms with Gasteiger partial charge in [0, 0.05) is 38.6 Å². The summed E-state index contributed by atoms with van der Waals surface area (Å²) < 4.78 is 5.55. The van der Waals surface area contributed by atoms with Gasteiger partial charge in [-0.15, -0.1) is 0 Å².